The van der Waals surface area contributed by atoms with Crippen LogP contribution in [0.3, 0.4) is 0 Å². The van der Waals surface area contributed by atoms with Crippen LogP contribution in [0.1, 0.15) is 57.8 Å². The van der Waals surface area contributed by atoms with Crippen LogP contribution in [0.25, 0.3) is 0 Å². The predicted octanol–water partition coefficient (Wildman–Crippen LogP) is 3.57. The Morgan fingerprint density at radius 1 is 1.10 bits per heavy atom. The molecule has 0 unspecified atom stereocenters. The summed E-state index contributed by atoms with van der Waals surface area (Å²) in [5.41, 5.74) is 7.81. The number of ether oxygens (including phenoxy) is 2. The second-order valence-corrected chi connectivity index (χ2v) is 8.22. The average molecular weight is 416 g/mol. The Labute approximate surface area is 173 Å². The lowest BCUT2D eigenvalue weighted by molar-refractivity contribution is -0.119. The molecule has 1 amide bonds. The van der Waals surface area contributed by atoms with Gasteiger partial charge in [0.25, 0.3) is 5.91 Å². The van der Waals surface area contributed by atoms with E-state index < -0.39 is 24.5 Å². The lowest BCUT2D eigenvalue weighted by atomic mass is 9.95. The van der Waals surface area contributed by atoms with Crippen LogP contribution in [0.2, 0.25) is 0 Å². The van der Waals surface area contributed by atoms with Gasteiger partial charge < -0.3 is 20.5 Å². The van der Waals surface area contributed by atoms with E-state index in [-0.39, 0.29) is 6.10 Å². The highest BCUT2D eigenvalue weighted by Crippen LogP contribution is 2.38. The van der Waals surface area contributed by atoms with Gasteiger partial charge in [0.1, 0.15) is 5.00 Å². The monoisotopic (exact) mass is 416 g/mol. The number of nitrogens with two attached hydrogens (primary N) is 1. The van der Waals surface area contributed by atoms with E-state index in [9.17, 15) is 14.4 Å². The summed E-state index contributed by atoms with van der Waals surface area (Å²) in [4.78, 5) is 38.1. The molecule has 154 valence electrons. The van der Waals surface area contributed by atoms with E-state index in [0.29, 0.717) is 21.8 Å². The minimum absolute atomic E-state index is 0.258. The normalized spacial score (nSPS) is 12.9. The van der Waals surface area contributed by atoms with E-state index >= 15 is 0 Å². The quantitative estimate of drug-likeness (QED) is 0.551. The molecular weight excluding hydrogens is 392 g/mol. The van der Waals surface area contributed by atoms with Crippen molar-refractivity contribution in [1.82, 2.24) is 0 Å². The first-order valence-corrected chi connectivity index (χ1v) is 10.3. The molecule has 1 aromatic carbocycles. The fourth-order valence-corrected chi connectivity index (χ4v) is 4.43. The van der Waals surface area contributed by atoms with E-state index in [1.54, 1.807) is 26.0 Å². The first kappa shape index (κ1) is 20.9. The molecule has 29 heavy (non-hydrogen) atoms. The van der Waals surface area contributed by atoms with E-state index in [1.807, 2.05) is 0 Å². The summed E-state index contributed by atoms with van der Waals surface area (Å²) in [5.74, 6) is -1.57. The number of nitrogens with one attached hydrogen (secondary N) is 1. The Balaban J connectivity index is 1.69. The number of thiophene rings is 1. The van der Waals surface area contributed by atoms with Gasteiger partial charge >= 0.3 is 11.9 Å². The molecule has 1 aliphatic rings. The molecule has 8 heteroatoms. The van der Waals surface area contributed by atoms with E-state index in [2.05, 4.69) is 5.32 Å². The van der Waals surface area contributed by atoms with Gasteiger partial charge in [-0.25, -0.2) is 9.59 Å². The van der Waals surface area contributed by atoms with Crippen molar-refractivity contribution in [1.29, 1.82) is 0 Å². The van der Waals surface area contributed by atoms with Gasteiger partial charge in [-0.1, -0.05) is 0 Å². The Bertz CT molecular complexity index is 918. The van der Waals surface area contributed by atoms with Crippen LogP contribution in [0, 0.1) is 0 Å². The van der Waals surface area contributed by atoms with Crippen LogP contribution < -0.4 is 11.1 Å². The van der Waals surface area contributed by atoms with Gasteiger partial charge in [0.05, 0.1) is 17.2 Å². The number of benzene rings is 1. The molecular formula is C21H24N2O5S. The van der Waals surface area contributed by atoms with Crippen molar-refractivity contribution in [2.75, 3.05) is 17.7 Å². The molecule has 0 radical (unpaired) electrons. The number of carbonyl (C=O) groups excluding carboxylic acids is 3. The second-order valence-electron chi connectivity index (χ2n) is 7.12. The van der Waals surface area contributed by atoms with Crippen molar-refractivity contribution in [3.05, 3.63) is 45.8 Å². The van der Waals surface area contributed by atoms with E-state index in [0.717, 1.165) is 36.1 Å². The molecule has 1 aromatic heterocycles. The number of aryl methyl sites for hydroxylation is 1. The summed E-state index contributed by atoms with van der Waals surface area (Å²) in [6, 6.07) is 6.23. The Kier molecular flexibility index (Phi) is 6.53. The minimum Gasteiger partial charge on any atom is -0.459 e. The van der Waals surface area contributed by atoms with Gasteiger partial charge in [0, 0.05) is 10.6 Å². The second kappa shape index (κ2) is 9.09. The van der Waals surface area contributed by atoms with Crippen molar-refractivity contribution >= 4 is 39.9 Å². The topological polar surface area (TPSA) is 108 Å². The molecule has 3 N–H and O–H groups in total. The number of hydrogen-bond donors (Lipinski definition) is 2. The number of carbonyl (C=O) groups is 3. The van der Waals surface area contributed by atoms with Crippen LogP contribution in [-0.2, 0) is 27.1 Å². The summed E-state index contributed by atoms with van der Waals surface area (Å²) in [5, 5.41) is 3.17. The maximum absolute atomic E-state index is 12.6. The lowest BCUT2D eigenvalue weighted by Gasteiger charge is -2.14. The molecule has 0 saturated carbocycles. The average Bonchev–Trinajstić information content (AvgIpc) is 3.04. The molecule has 0 aliphatic heterocycles. The molecule has 0 spiro atoms. The fraction of sp³-hybridized carbons (Fsp3) is 0.381. The molecule has 7 nitrogen and oxygen atoms in total. The highest BCUT2D eigenvalue weighted by molar-refractivity contribution is 7.17. The third-order valence-electron chi connectivity index (χ3n) is 4.45. The fourth-order valence-electron chi connectivity index (χ4n) is 3.14. The molecule has 1 aliphatic carbocycles. The smallest absolute Gasteiger partial charge is 0.341 e. The van der Waals surface area contributed by atoms with Crippen molar-refractivity contribution < 1.29 is 23.9 Å². The zero-order chi connectivity index (χ0) is 21.0. The predicted molar refractivity (Wildman–Crippen MR) is 111 cm³/mol. The van der Waals surface area contributed by atoms with Crippen LogP contribution in [0.4, 0.5) is 10.7 Å². The van der Waals surface area contributed by atoms with Crippen molar-refractivity contribution in [3.8, 4) is 0 Å². The number of rotatable bonds is 6. The third-order valence-corrected chi connectivity index (χ3v) is 5.66. The molecule has 0 saturated heterocycles. The Morgan fingerprint density at radius 3 is 2.48 bits per heavy atom. The number of esters is 2. The summed E-state index contributed by atoms with van der Waals surface area (Å²) in [6.07, 6.45) is 3.46. The van der Waals surface area contributed by atoms with Crippen LogP contribution in [0.15, 0.2) is 24.3 Å². The third kappa shape index (κ3) is 5.14. The standard InChI is InChI=1S/C21H24N2O5S/c1-12(2)28-21(26)18-15-5-3-4-6-16(15)29-19(18)23-17(24)11-27-20(25)13-7-9-14(22)10-8-13/h7-10,12H,3-6,11,22H2,1-2H3,(H,23,24). The molecule has 1 heterocycles. The van der Waals surface area contributed by atoms with Gasteiger partial charge in [-0.05, 0) is 69.4 Å². The number of fused-ring (bicyclic) bond motifs is 1. The van der Waals surface area contributed by atoms with Crippen molar-refractivity contribution in [3.63, 3.8) is 0 Å². The molecule has 2 aromatic rings. The van der Waals surface area contributed by atoms with Crippen LogP contribution >= 0.6 is 11.3 Å². The molecule has 0 atom stereocenters. The summed E-state index contributed by atoms with van der Waals surface area (Å²) >= 11 is 1.39. The number of amides is 1. The lowest BCUT2D eigenvalue weighted by Crippen LogP contribution is -2.22. The van der Waals surface area contributed by atoms with E-state index in [4.69, 9.17) is 15.2 Å². The maximum atomic E-state index is 12.6. The summed E-state index contributed by atoms with van der Waals surface area (Å²) < 4.78 is 10.4. The first-order chi connectivity index (χ1) is 13.8. The van der Waals surface area contributed by atoms with Crippen molar-refractivity contribution in [2.24, 2.45) is 0 Å². The van der Waals surface area contributed by atoms with Gasteiger partial charge in [-0.15, -0.1) is 11.3 Å². The number of hydrogen-bond acceptors (Lipinski definition) is 7. The van der Waals surface area contributed by atoms with Crippen LogP contribution in [-0.4, -0.2) is 30.6 Å². The SMILES string of the molecule is CC(C)OC(=O)c1c(NC(=O)COC(=O)c2ccc(N)cc2)sc2c1CCCC2. The van der Waals surface area contributed by atoms with Crippen LogP contribution in [0.5, 0.6) is 0 Å². The molecule has 0 fully saturated rings. The Morgan fingerprint density at radius 2 is 1.79 bits per heavy atom. The highest BCUT2D eigenvalue weighted by atomic mass is 32.1. The largest absolute Gasteiger partial charge is 0.459 e. The van der Waals surface area contributed by atoms with Gasteiger partial charge in [0.15, 0.2) is 6.61 Å². The Hall–Kier alpha value is -2.87. The van der Waals surface area contributed by atoms with Gasteiger partial charge in [-0.3, -0.25) is 4.79 Å². The molecule has 3 rings (SSSR count). The maximum Gasteiger partial charge on any atom is 0.341 e. The van der Waals surface area contributed by atoms with Gasteiger partial charge in [0.2, 0.25) is 0 Å². The highest BCUT2D eigenvalue weighted by Gasteiger charge is 2.28. The first-order valence-electron chi connectivity index (χ1n) is 9.53. The summed E-state index contributed by atoms with van der Waals surface area (Å²) in [6.45, 7) is 3.11. The van der Waals surface area contributed by atoms with Crippen molar-refractivity contribution in [2.45, 2.75) is 45.6 Å². The zero-order valence-corrected chi connectivity index (χ0v) is 17.3. The number of anilines is 2. The van der Waals surface area contributed by atoms with E-state index in [1.165, 1.54) is 23.5 Å². The zero-order valence-electron chi connectivity index (χ0n) is 16.4. The molecule has 0 bridgehead atoms. The minimum atomic E-state index is -0.620. The number of nitrogen functional groups attached to an aromatic ring is 1. The van der Waals surface area contributed by atoms with Gasteiger partial charge in [-0.2, -0.15) is 0 Å². The summed E-state index contributed by atoms with van der Waals surface area (Å²) in [7, 11) is 0.